The molecule has 2 aromatic rings. The van der Waals surface area contributed by atoms with Gasteiger partial charge in [0.05, 0.1) is 0 Å². The Kier molecular flexibility index (Phi) is 4.98. The summed E-state index contributed by atoms with van der Waals surface area (Å²) in [5.41, 5.74) is 7.13. The molecule has 88 valence electrons. The topological polar surface area (TPSA) is 26.0 Å². The Morgan fingerprint density at radius 3 is 2.06 bits per heavy atom. The van der Waals surface area contributed by atoms with Gasteiger partial charge in [-0.05, 0) is 29.4 Å². The second-order valence-corrected chi connectivity index (χ2v) is 4.19. The zero-order valence-electron chi connectivity index (χ0n) is 10.9. The number of benzene rings is 2. The minimum Gasteiger partial charge on any atom is -0.333 e. The van der Waals surface area contributed by atoms with Gasteiger partial charge in [0.25, 0.3) is 0 Å². The summed E-state index contributed by atoms with van der Waals surface area (Å²) in [4.78, 5) is 0. The fraction of sp³-hybridized carbons (Fsp3) is 0.200. The van der Waals surface area contributed by atoms with Crippen LogP contribution in [0.2, 0.25) is 13.6 Å². The lowest BCUT2D eigenvalue weighted by Crippen LogP contribution is -2.25. The van der Waals surface area contributed by atoms with E-state index >= 15 is 0 Å². The smallest absolute Gasteiger partial charge is 0.170 e. The highest BCUT2D eigenvalue weighted by molar-refractivity contribution is 6.71. The number of nitrogens with two attached hydrogens (primary N) is 1. The van der Waals surface area contributed by atoms with Crippen LogP contribution in [0.25, 0.3) is 16.8 Å². The molecular weight excluding hydrogens is 205 g/mol. The van der Waals surface area contributed by atoms with Gasteiger partial charge in [-0.2, -0.15) is 0 Å². The van der Waals surface area contributed by atoms with Crippen molar-refractivity contribution in [2.75, 3.05) is 7.05 Å². The van der Waals surface area contributed by atoms with E-state index in [0.29, 0.717) is 6.71 Å². The zero-order valence-corrected chi connectivity index (χ0v) is 10.9. The molecule has 0 saturated heterocycles. The molecule has 2 aromatic carbocycles. The number of rotatable bonds is 2. The molecule has 0 bridgehead atoms. The molecule has 2 N–H and O–H groups in total. The lowest BCUT2D eigenvalue weighted by Gasteiger charge is -2.09. The first-order valence-corrected chi connectivity index (χ1v) is 5.95. The van der Waals surface area contributed by atoms with Gasteiger partial charge in [-0.25, -0.2) is 0 Å². The van der Waals surface area contributed by atoms with E-state index in [-0.39, 0.29) is 0 Å². The van der Waals surface area contributed by atoms with Crippen molar-refractivity contribution in [2.45, 2.75) is 13.6 Å². The molecule has 2 heteroatoms. The van der Waals surface area contributed by atoms with Crippen LogP contribution in [-0.4, -0.2) is 13.8 Å². The van der Waals surface area contributed by atoms with E-state index in [0.717, 1.165) is 0 Å². The molecule has 0 aliphatic heterocycles. The minimum absolute atomic E-state index is 0.544. The summed E-state index contributed by atoms with van der Waals surface area (Å²) in [7, 11) is 1.50. The number of hydrogen-bond donors (Lipinski definition) is 1. The van der Waals surface area contributed by atoms with Gasteiger partial charge in [0, 0.05) is 0 Å². The van der Waals surface area contributed by atoms with Crippen molar-refractivity contribution < 1.29 is 0 Å². The predicted octanol–water partition coefficient (Wildman–Crippen LogP) is 3.02. The van der Waals surface area contributed by atoms with Crippen molar-refractivity contribution in [1.82, 2.24) is 0 Å². The van der Waals surface area contributed by atoms with E-state index in [1.54, 1.807) is 0 Å². The molecule has 0 spiro atoms. The summed E-state index contributed by atoms with van der Waals surface area (Å²) in [6.45, 7) is 8.86. The van der Waals surface area contributed by atoms with Crippen molar-refractivity contribution in [1.29, 1.82) is 0 Å². The molecule has 0 fully saturated rings. The standard InChI is InChI=1S/C14H15B.CH5N/c1-4-11-9-12-7-5-6-8-13(12)10-14(11)15(2)3;1-2/h4-10H,1H2,2-3H3;2H2,1H3. The summed E-state index contributed by atoms with van der Waals surface area (Å²) in [6, 6.07) is 13.0. The van der Waals surface area contributed by atoms with E-state index in [4.69, 9.17) is 0 Å². The molecule has 0 unspecified atom stereocenters. The fourth-order valence-corrected chi connectivity index (χ4v) is 1.95. The quantitative estimate of drug-likeness (QED) is 0.781. The van der Waals surface area contributed by atoms with Gasteiger partial charge in [0.15, 0.2) is 6.71 Å². The molecule has 1 nitrogen and oxygen atoms in total. The maximum Gasteiger partial charge on any atom is 0.170 e. The van der Waals surface area contributed by atoms with Gasteiger partial charge in [0.2, 0.25) is 0 Å². The second kappa shape index (κ2) is 6.26. The molecule has 0 amide bonds. The van der Waals surface area contributed by atoms with Crippen LogP contribution in [0.15, 0.2) is 43.0 Å². The largest absolute Gasteiger partial charge is 0.333 e. The molecule has 0 saturated carbocycles. The van der Waals surface area contributed by atoms with Crippen LogP contribution in [0.1, 0.15) is 5.56 Å². The van der Waals surface area contributed by atoms with Gasteiger partial charge in [-0.1, -0.05) is 62.1 Å². The highest BCUT2D eigenvalue weighted by atomic mass is 14.4. The summed E-state index contributed by atoms with van der Waals surface area (Å²) < 4.78 is 0. The number of hydrogen-bond acceptors (Lipinski definition) is 1. The van der Waals surface area contributed by atoms with Crippen LogP contribution in [0.5, 0.6) is 0 Å². The highest BCUT2D eigenvalue weighted by Gasteiger charge is 2.08. The Hall–Kier alpha value is -1.54. The molecule has 2 rings (SSSR count). The molecule has 0 atom stereocenters. The lowest BCUT2D eigenvalue weighted by molar-refractivity contribution is 1.48. The van der Waals surface area contributed by atoms with Crippen molar-refractivity contribution in [3.05, 3.63) is 48.5 Å². The third kappa shape index (κ3) is 2.98. The van der Waals surface area contributed by atoms with Gasteiger partial charge in [-0.3, -0.25) is 0 Å². The Bertz CT molecular complexity index is 503. The second-order valence-electron chi connectivity index (χ2n) is 4.19. The molecule has 0 radical (unpaired) electrons. The Labute approximate surface area is 104 Å². The van der Waals surface area contributed by atoms with E-state index in [1.807, 2.05) is 6.08 Å². The first-order chi connectivity index (χ1) is 8.22. The van der Waals surface area contributed by atoms with Crippen molar-refractivity contribution >= 4 is 29.0 Å². The van der Waals surface area contributed by atoms with Crippen LogP contribution >= 0.6 is 0 Å². The van der Waals surface area contributed by atoms with Gasteiger partial charge in [-0.15, -0.1) is 0 Å². The van der Waals surface area contributed by atoms with E-state index in [9.17, 15) is 0 Å². The van der Waals surface area contributed by atoms with Crippen LogP contribution in [0, 0.1) is 0 Å². The summed E-state index contributed by atoms with van der Waals surface area (Å²) in [5, 5.41) is 2.60. The van der Waals surface area contributed by atoms with Gasteiger partial charge < -0.3 is 5.73 Å². The van der Waals surface area contributed by atoms with E-state index in [1.165, 1.54) is 28.8 Å². The monoisotopic (exact) mass is 225 g/mol. The van der Waals surface area contributed by atoms with Crippen LogP contribution < -0.4 is 11.2 Å². The molecule has 0 aliphatic rings. The zero-order chi connectivity index (χ0) is 12.8. The summed E-state index contributed by atoms with van der Waals surface area (Å²) in [6.07, 6.45) is 1.95. The predicted molar refractivity (Wildman–Crippen MR) is 81.3 cm³/mol. The Morgan fingerprint density at radius 1 is 1.06 bits per heavy atom. The van der Waals surface area contributed by atoms with Crippen LogP contribution in [0.3, 0.4) is 0 Å². The average Bonchev–Trinajstić information content (AvgIpc) is 2.39. The van der Waals surface area contributed by atoms with Crippen LogP contribution in [0.4, 0.5) is 0 Å². The first-order valence-electron chi connectivity index (χ1n) is 5.95. The molecule has 0 aliphatic carbocycles. The number of fused-ring (bicyclic) bond motifs is 1. The van der Waals surface area contributed by atoms with E-state index in [2.05, 4.69) is 62.4 Å². The fourth-order valence-electron chi connectivity index (χ4n) is 1.95. The first kappa shape index (κ1) is 13.5. The maximum absolute atomic E-state index is 4.50. The lowest BCUT2D eigenvalue weighted by atomic mass is 9.48. The average molecular weight is 225 g/mol. The third-order valence-corrected chi connectivity index (χ3v) is 2.79. The normalized spacial score (nSPS) is 9.41. The molecular formula is C15H20BN. The highest BCUT2D eigenvalue weighted by Crippen LogP contribution is 2.15. The third-order valence-electron chi connectivity index (χ3n) is 2.79. The Balaban J connectivity index is 0.000000686. The molecule has 0 heterocycles. The van der Waals surface area contributed by atoms with E-state index < -0.39 is 0 Å². The van der Waals surface area contributed by atoms with Gasteiger partial charge in [0.1, 0.15) is 0 Å². The summed E-state index contributed by atoms with van der Waals surface area (Å²) >= 11 is 0. The van der Waals surface area contributed by atoms with Crippen molar-refractivity contribution in [3.8, 4) is 0 Å². The van der Waals surface area contributed by atoms with Crippen molar-refractivity contribution in [3.63, 3.8) is 0 Å². The maximum atomic E-state index is 4.50. The molecule has 17 heavy (non-hydrogen) atoms. The van der Waals surface area contributed by atoms with Crippen molar-refractivity contribution in [2.24, 2.45) is 5.73 Å². The molecule has 0 aromatic heterocycles. The minimum atomic E-state index is 0.544. The van der Waals surface area contributed by atoms with Gasteiger partial charge >= 0.3 is 0 Å². The van der Waals surface area contributed by atoms with Crippen LogP contribution in [-0.2, 0) is 0 Å². The summed E-state index contributed by atoms with van der Waals surface area (Å²) in [5.74, 6) is 0. The Morgan fingerprint density at radius 2 is 1.59 bits per heavy atom. The SMILES string of the molecule is C=Cc1cc2ccccc2cc1B(C)C.CN.